The third-order valence-electron chi connectivity index (χ3n) is 12.0. The molecule has 58 heavy (non-hydrogen) atoms. The molecule has 2 aromatic heterocycles. The van der Waals surface area contributed by atoms with Crippen LogP contribution in [0, 0.1) is 0 Å². The van der Waals surface area contributed by atoms with Crippen LogP contribution in [-0.4, -0.2) is 4.57 Å². The van der Waals surface area contributed by atoms with Crippen LogP contribution in [-0.2, 0) is 0 Å². The molecule has 12 aromatic rings. The summed E-state index contributed by atoms with van der Waals surface area (Å²) in [5.74, 6) is 0. The van der Waals surface area contributed by atoms with E-state index in [1.54, 1.807) is 0 Å². The van der Waals surface area contributed by atoms with Gasteiger partial charge in [0, 0.05) is 42.1 Å². The quantitative estimate of drug-likeness (QED) is 0.165. The zero-order chi connectivity index (χ0) is 38.2. The molecule has 2 heterocycles. The molecule has 0 aliphatic heterocycles. The van der Waals surface area contributed by atoms with Crippen molar-refractivity contribution in [1.82, 2.24) is 4.57 Å². The first kappa shape index (κ1) is 32.9. The van der Waals surface area contributed by atoms with E-state index in [-0.39, 0.29) is 0 Å². The number of fused-ring (bicyclic) bond motifs is 8. The molecule has 0 spiro atoms. The lowest BCUT2D eigenvalue weighted by Gasteiger charge is -2.17. The summed E-state index contributed by atoms with van der Waals surface area (Å²) >= 11 is 1.89. The predicted octanol–water partition coefficient (Wildman–Crippen LogP) is 16.1. The minimum Gasteiger partial charge on any atom is -0.309 e. The Morgan fingerprint density at radius 3 is 1.41 bits per heavy atom. The van der Waals surface area contributed by atoms with Crippen LogP contribution in [0.1, 0.15) is 0 Å². The van der Waals surface area contributed by atoms with Crippen molar-refractivity contribution in [3.8, 4) is 50.2 Å². The largest absolute Gasteiger partial charge is 0.309 e. The zero-order valence-electron chi connectivity index (χ0n) is 31.6. The molecule has 10 aromatic carbocycles. The van der Waals surface area contributed by atoms with Crippen LogP contribution >= 0.6 is 11.3 Å². The molecule has 0 atom stereocenters. The molecule has 0 saturated heterocycles. The number of aromatic nitrogens is 1. The molecule has 0 radical (unpaired) electrons. The Balaban J connectivity index is 1.09. The molecule has 0 saturated carbocycles. The van der Waals surface area contributed by atoms with E-state index in [1.807, 2.05) is 11.3 Å². The highest BCUT2D eigenvalue weighted by Crippen LogP contribution is 2.45. The van der Waals surface area contributed by atoms with E-state index in [9.17, 15) is 0 Å². The summed E-state index contributed by atoms with van der Waals surface area (Å²) in [5, 5.41) is 10.1. The van der Waals surface area contributed by atoms with E-state index in [4.69, 9.17) is 0 Å². The highest BCUT2D eigenvalue weighted by molar-refractivity contribution is 7.26. The molecule has 1 nitrogen and oxygen atoms in total. The third kappa shape index (κ3) is 5.23. The minimum atomic E-state index is 1.16. The van der Waals surface area contributed by atoms with Crippen molar-refractivity contribution in [2.75, 3.05) is 0 Å². The van der Waals surface area contributed by atoms with E-state index < -0.39 is 0 Å². The number of nitrogens with zero attached hydrogens (tertiary/aromatic N) is 1. The maximum absolute atomic E-state index is 2.49. The number of rotatable bonds is 5. The Labute approximate surface area is 340 Å². The monoisotopic (exact) mass is 753 g/mol. The van der Waals surface area contributed by atoms with Gasteiger partial charge in [-0.05, 0) is 103 Å². The summed E-state index contributed by atoms with van der Waals surface area (Å²) < 4.78 is 5.14. The average molecular weight is 754 g/mol. The molecule has 0 fully saturated rings. The molecular formula is C56H35NS. The van der Waals surface area contributed by atoms with Crippen LogP contribution in [0.4, 0.5) is 0 Å². The Morgan fingerprint density at radius 2 is 0.759 bits per heavy atom. The van der Waals surface area contributed by atoms with Crippen LogP contribution in [0.5, 0.6) is 0 Å². The van der Waals surface area contributed by atoms with Crippen LogP contribution in [0.2, 0.25) is 0 Å². The van der Waals surface area contributed by atoms with Crippen molar-refractivity contribution in [3.05, 3.63) is 212 Å². The summed E-state index contributed by atoms with van der Waals surface area (Å²) in [4.78, 5) is 0. The lowest BCUT2D eigenvalue weighted by Crippen LogP contribution is -1.98. The van der Waals surface area contributed by atoms with Crippen molar-refractivity contribution in [2.24, 2.45) is 0 Å². The molecular weight excluding hydrogens is 719 g/mol. The average Bonchev–Trinajstić information content (AvgIpc) is 3.84. The fourth-order valence-corrected chi connectivity index (χ4v) is 10.4. The fraction of sp³-hybridized carbons (Fsp3) is 0. The Morgan fingerprint density at radius 1 is 0.293 bits per heavy atom. The van der Waals surface area contributed by atoms with Crippen molar-refractivity contribution in [1.29, 1.82) is 0 Å². The standard InChI is InChI=1S/C56H35NS/c1-3-14-38-32-40(26-24-36(38)12-1)42-28-30-53-50(34-42)51-35-43(41-27-25-37-13-2-4-15-39(37)33-41)29-31-54(51)57(53)52-22-9-7-18-46(52)44-16-5-6-17-45(44)48-20-11-21-49-47-19-8-10-23-55(47)58-56(48)49/h1-35H. The van der Waals surface area contributed by atoms with Crippen LogP contribution in [0.15, 0.2) is 212 Å². The molecule has 270 valence electrons. The highest BCUT2D eigenvalue weighted by Gasteiger charge is 2.20. The smallest absolute Gasteiger partial charge is 0.0541 e. The number of hydrogen-bond donors (Lipinski definition) is 0. The van der Waals surface area contributed by atoms with Crippen molar-refractivity contribution >= 4 is 74.9 Å². The van der Waals surface area contributed by atoms with E-state index in [0.717, 1.165) is 5.69 Å². The van der Waals surface area contributed by atoms with Gasteiger partial charge in [0.2, 0.25) is 0 Å². The molecule has 0 N–H and O–H groups in total. The van der Waals surface area contributed by atoms with Gasteiger partial charge in [-0.15, -0.1) is 11.3 Å². The number of thiophene rings is 1. The topological polar surface area (TPSA) is 4.93 Å². The van der Waals surface area contributed by atoms with Gasteiger partial charge in [0.25, 0.3) is 0 Å². The summed E-state index contributed by atoms with van der Waals surface area (Å²) in [6.07, 6.45) is 0. The van der Waals surface area contributed by atoms with E-state index in [1.165, 1.54) is 108 Å². The Bertz CT molecular complexity index is 3450. The first-order valence-corrected chi connectivity index (χ1v) is 20.7. The molecule has 0 aliphatic carbocycles. The summed E-state index contributed by atoms with van der Waals surface area (Å²) in [5.41, 5.74) is 13.3. The molecule has 0 unspecified atom stereocenters. The third-order valence-corrected chi connectivity index (χ3v) is 13.2. The molecule has 0 aliphatic rings. The summed E-state index contributed by atoms with van der Waals surface area (Å²) in [7, 11) is 0. The highest BCUT2D eigenvalue weighted by atomic mass is 32.1. The van der Waals surface area contributed by atoms with Crippen LogP contribution < -0.4 is 0 Å². The fourth-order valence-electron chi connectivity index (χ4n) is 9.19. The van der Waals surface area contributed by atoms with Gasteiger partial charge in [-0.25, -0.2) is 0 Å². The van der Waals surface area contributed by atoms with Crippen molar-refractivity contribution in [3.63, 3.8) is 0 Å². The maximum Gasteiger partial charge on any atom is 0.0541 e. The number of benzene rings is 10. The normalized spacial score (nSPS) is 11.8. The van der Waals surface area contributed by atoms with Gasteiger partial charge in [-0.1, -0.05) is 164 Å². The SMILES string of the molecule is c1ccc(-c2cccc3c2sc2ccccc23)c(-c2ccccc2-n2c3ccc(-c4ccc5ccccc5c4)cc3c3cc(-c4ccc5ccccc5c4)ccc32)c1. The van der Waals surface area contributed by atoms with E-state index in [0.29, 0.717) is 0 Å². The van der Waals surface area contributed by atoms with Gasteiger partial charge < -0.3 is 4.57 Å². The molecule has 0 bridgehead atoms. The van der Waals surface area contributed by atoms with Crippen molar-refractivity contribution in [2.45, 2.75) is 0 Å². The Hall–Kier alpha value is -7.26. The van der Waals surface area contributed by atoms with E-state index >= 15 is 0 Å². The first-order chi connectivity index (χ1) is 28.7. The lowest BCUT2D eigenvalue weighted by molar-refractivity contribution is 1.18. The second-order valence-electron chi connectivity index (χ2n) is 15.3. The van der Waals surface area contributed by atoms with Gasteiger partial charge in [0.15, 0.2) is 0 Å². The predicted molar refractivity (Wildman–Crippen MR) is 250 cm³/mol. The van der Waals surface area contributed by atoms with E-state index in [2.05, 4.69) is 217 Å². The minimum absolute atomic E-state index is 1.16. The maximum atomic E-state index is 2.49. The summed E-state index contributed by atoms with van der Waals surface area (Å²) in [6.45, 7) is 0. The molecule has 12 rings (SSSR count). The summed E-state index contributed by atoms with van der Waals surface area (Å²) in [6, 6.07) is 78.4. The zero-order valence-corrected chi connectivity index (χ0v) is 32.4. The second-order valence-corrected chi connectivity index (χ2v) is 16.3. The number of para-hydroxylation sites is 1. The van der Waals surface area contributed by atoms with Gasteiger partial charge in [-0.3, -0.25) is 0 Å². The van der Waals surface area contributed by atoms with Gasteiger partial charge in [0.1, 0.15) is 0 Å². The van der Waals surface area contributed by atoms with Crippen LogP contribution in [0.3, 0.4) is 0 Å². The van der Waals surface area contributed by atoms with Gasteiger partial charge in [0.05, 0.1) is 16.7 Å². The van der Waals surface area contributed by atoms with Crippen LogP contribution in [0.25, 0.3) is 114 Å². The first-order valence-electron chi connectivity index (χ1n) is 19.9. The Kier molecular flexibility index (Phi) is 7.47. The number of hydrogen-bond acceptors (Lipinski definition) is 1. The van der Waals surface area contributed by atoms with Crippen molar-refractivity contribution < 1.29 is 0 Å². The van der Waals surface area contributed by atoms with Gasteiger partial charge in [-0.2, -0.15) is 0 Å². The molecule has 2 heteroatoms. The second kappa shape index (κ2) is 13.2. The lowest BCUT2D eigenvalue weighted by atomic mass is 9.92. The van der Waals surface area contributed by atoms with Gasteiger partial charge >= 0.3 is 0 Å². The molecule has 0 amide bonds.